The fraction of sp³-hybridized carbons (Fsp3) is 0.333. The van der Waals surface area contributed by atoms with Gasteiger partial charge in [-0.15, -0.1) is 0 Å². The van der Waals surface area contributed by atoms with Crippen molar-refractivity contribution in [2.75, 3.05) is 33.8 Å². The van der Waals surface area contributed by atoms with Crippen LogP contribution in [0.5, 0.6) is 5.75 Å². The summed E-state index contributed by atoms with van der Waals surface area (Å²) in [5.41, 5.74) is 0.961. The highest BCUT2D eigenvalue weighted by atomic mass is 19.1. The van der Waals surface area contributed by atoms with Gasteiger partial charge in [0, 0.05) is 18.7 Å². The van der Waals surface area contributed by atoms with E-state index in [1.807, 2.05) is 25.9 Å². The van der Waals surface area contributed by atoms with Crippen LogP contribution in [0.2, 0.25) is 0 Å². The van der Waals surface area contributed by atoms with Crippen molar-refractivity contribution < 1.29 is 23.8 Å². The van der Waals surface area contributed by atoms with Gasteiger partial charge in [0.2, 0.25) is 0 Å². The van der Waals surface area contributed by atoms with Crippen LogP contribution in [-0.2, 0) is 9.59 Å². The topological polar surface area (TPSA) is 70.1 Å². The molecule has 6 nitrogen and oxygen atoms in total. The van der Waals surface area contributed by atoms with E-state index >= 15 is 0 Å². The molecule has 0 aliphatic carbocycles. The van der Waals surface area contributed by atoms with Crippen LogP contribution >= 0.6 is 0 Å². The second-order valence-corrected chi connectivity index (χ2v) is 7.72. The smallest absolute Gasteiger partial charge is 0.295 e. The van der Waals surface area contributed by atoms with Gasteiger partial charge in [0.05, 0.1) is 18.2 Å². The zero-order valence-electron chi connectivity index (χ0n) is 18.0. The van der Waals surface area contributed by atoms with Gasteiger partial charge in [0.1, 0.15) is 17.3 Å². The van der Waals surface area contributed by atoms with E-state index in [0.717, 1.165) is 6.42 Å². The third-order valence-corrected chi connectivity index (χ3v) is 5.11. The van der Waals surface area contributed by atoms with Crippen LogP contribution in [0.4, 0.5) is 4.39 Å². The SMILES string of the molecule is CCCOc1ccc([C@@H]2/C(=C(\O)c3ccc(F)cc3)C(=O)C(=O)N2CCN(C)C)cc1. The molecule has 0 saturated carbocycles. The van der Waals surface area contributed by atoms with E-state index in [1.165, 1.54) is 29.2 Å². The maximum Gasteiger partial charge on any atom is 0.295 e. The average molecular weight is 426 g/mol. The first-order valence-corrected chi connectivity index (χ1v) is 10.2. The lowest BCUT2D eigenvalue weighted by Crippen LogP contribution is -2.35. The van der Waals surface area contributed by atoms with Crippen molar-refractivity contribution in [1.29, 1.82) is 0 Å². The number of halogens is 1. The predicted molar refractivity (Wildman–Crippen MR) is 116 cm³/mol. The Hall–Kier alpha value is -3.19. The van der Waals surface area contributed by atoms with Crippen molar-refractivity contribution >= 4 is 17.4 Å². The number of benzene rings is 2. The molecule has 164 valence electrons. The molecule has 2 aromatic carbocycles. The molecule has 0 aromatic heterocycles. The first-order chi connectivity index (χ1) is 14.8. The Labute approximate surface area is 181 Å². The number of Topliss-reactive ketones (excluding diaryl/α,β-unsaturated/α-hetero) is 1. The van der Waals surface area contributed by atoms with Gasteiger partial charge in [0.25, 0.3) is 11.7 Å². The van der Waals surface area contributed by atoms with Crippen LogP contribution in [0.3, 0.4) is 0 Å². The highest BCUT2D eigenvalue weighted by molar-refractivity contribution is 6.46. The van der Waals surface area contributed by atoms with E-state index in [-0.39, 0.29) is 16.9 Å². The second-order valence-electron chi connectivity index (χ2n) is 7.72. The zero-order chi connectivity index (χ0) is 22.5. The Balaban J connectivity index is 2.06. The fourth-order valence-electron chi connectivity index (χ4n) is 3.49. The van der Waals surface area contributed by atoms with Gasteiger partial charge in [-0.1, -0.05) is 19.1 Å². The van der Waals surface area contributed by atoms with Gasteiger partial charge in [0.15, 0.2) is 0 Å². The van der Waals surface area contributed by atoms with Crippen LogP contribution in [-0.4, -0.2) is 60.4 Å². The first-order valence-electron chi connectivity index (χ1n) is 10.2. The third kappa shape index (κ3) is 4.94. The minimum atomic E-state index is -0.753. The Morgan fingerprint density at radius 1 is 1.10 bits per heavy atom. The molecule has 1 fully saturated rings. The first kappa shape index (κ1) is 22.5. The Kier molecular flexibility index (Phi) is 7.07. The van der Waals surface area contributed by atoms with Crippen LogP contribution in [0.25, 0.3) is 5.76 Å². The number of hydrogen-bond donors (Lipinski definition) is 1. The molecule has 0 bridgehead atoms. The summed E-state index contributed by atoms with van der Waals surface area (Å²) in [5.74, 6) is -1.50. The van der Waals surface area contributed by atoms with Gasteiger partial charge in [-0.2, -0.15) is 0 Å². The van der Waals surface area contributed by atoms with E-state index in [9.17, 15) is 19.1 Å². The molecule has 1 aliphatic heterocycles. The van der Waals surface area contributed by atoms with Gasteiger partial charge in [-0.05, 0) is 62.5 Å². The van der Waals surface area contributed by atoms with Crippen molar-refractivity contribution in [3.63, 3.8) is 0 Å². The van der Waals surface area contributed by atoms with Crippen molar-refractivity contribution in [2.45, 2.75) is 19.4 Å². The summed E-state index contributed by atoms with van der Waals surface area (Å²) in [7, 11) is 3.76. The number of aliphatic hydroxyl groups is 1. The van der Waals surface area contributed by atoms with E-state index in [4.69, 9.17) is 4.74 Å². The highest BCUT2D eigenvalue weighted by Gasteiger charge is 2.45. The molecule has 7 heteroatoms. The number of likely N-dealkylation sites (tertiary alicyclic amines) is 1. The average Bonchev–Trinajstić information content (AvgIpc) is 3.01. The van der Waals surface area contributed by atoms with E-state index in [1.54, 1.807) is 24.3 Å². The van der Waals surface area contributed by atoms with Crippen molar-refractivity contribution in [2.24, 2.45) is 0 Å². The largest absolute Gasteiger partial charge is 0.507 e. The predicted octanol–water partition coefficient (Wildman–Crippen LogP) is 3.60. The molecule has 31 heavy (non-hydrogen) atoms. The third-order valence-electron chi connectivity index (χ3n) is 5.11. The maximum atomic E-state index is 13.3. The Morgan fingerprint density at radius 3 is 2.32 bits per heavy atom. The Morgan fingerprint density at radius 2 is 1.74 bits per heavy atom. The molecule has 2 aromatic rings. The number of likely N-dealkylation sites (N-methyl/N-ethyl adjacent to an activating group) is 1. The van der Waals surface area contributed by atoms with Crippen LogP contribution in [0, 0.1) is 5.82 Å². The van der Waals surface area contributed by atoms with Crippen molar-refractivity contribution in [1.82, 2.24) is 9.80 Å². The van der Waals surface area contributed by atoms with Crippen LogP contribution in [0.1, 0.15) is 30.5 Å². The van der Waals surface area contributed by atoms with Gasteiger partial charge in [-0.25, -0.2) is 4.39 Å². The quantitative estimate of drug-likeness (QED) is 0.397. The molecule has 0 spiro atoms. The minimum Gasteiger partial charge on any atom is -0.507 e. The molecular formula is C24H27FN2O4. The number of rotatable bonds is 8. The number of aliphatic hydroxyl groups excluding tert-OH is 1. The second kappa shape index (κ2) is 9.75. The van der Waals surface area contributed by atoms with Crippen LogP contribution in [0.15, 0.2) is 54.1 Å². The number of ketones is 1. The number of carbonyl (C=O) groups is 2. The van der Waals surface area contributed by atoms with E-state index in [2.05, 4.69) is 0 Å². The maximum absolute atomic E-state index is 13.3. The van der Waals surface area contributed by atoms with Gasteiger partial charge < -0.3 is 19.6 Å². The summed E-state index contributed by atoms with van der Waals surface area (Å²) < 4.78 is 19.0. The minimum absolute atomic E-state index is 0.00223. The van der Waals surface area contributed by atoms with Crippen LogP contribution < -0.4 is 4.74 Å². The molecule has 1 amide bonds. The normalized spacial score (nSPS) is 18.1. The zero-order valence-corrected chi connectivity index (χ0v) is 18.0. The van der Waals surface area contributed by atoms with Crippen molar-refractivity contribution in [3.8, 4) is 5.75 Å². The molecule has 3 rings (SSSR count). The number of nitrogens with zero attached hydrogens (tertiary/aromatic N) is 2. The molecule has 1 aliphatic rings. The lowest BCUT2D eigenvalue weighted by Gasteiger charge is -2.26. The summed E-state index contributed by atoms with van der Waals surface area (Å²) in [6.45, 7) is 3.47. The molecule has 1 saturated heterocycles. The summed E-state index contributed by atoms with van der Waals surface area (Å²) in [4.78, 5) is 29.1. The number of hydrogen-bond acceptors (Lipinski definition) is 5. The summed E-state index contributed by atoms with van der Waals surface area (Å²) in [5, 5.41) is 10.9. The summed E-state index contributed by atoms with van der Waals surface area (Å²) in [6.07, 6.45) is 0.879. The molecular weight excluding hydrogens is 399 g/mol. The number of carbonyl (C=O) groups excluding carboxylic acids is 2. The molecule has 1 N–H and O–H groups in total. The van der Waals surface area contributed by atoms with Gasteiger partial charge >= 0.3 is 0 Å². The molecule has 1 atom stereocenters. The molecule has 0 radical (unpaired) electrons. The lowest BCUT2D eigenvalue weighted by atomic mass is 9.95. The molecule has 1 heterocycles. The number of ether oxygens (including phenoxy) is 1. The standard InChI is InChI=1S/C24H27FN2O4/c1-4-15-31-19-11-7-16(8-12-19)21-20(22(28)17-5-9-18(25)10-6-17)23(29)24(30)27(21)14-13-26(2)3/h5-12,21,28H,4,13-15H2,1-3H3/b22-20+/t21-/m1/s1. The highest BCUT2D eigenvalue weighted by Crippen LogP contribution is 2.39. The Bertz CT molecular complexity index is 968. The van der Waals surface area contributed by atoms with E-state index in [0.29, 0.717) is 31.0 Å². The number of amides is 1. The lowest BCUT2D eigenvalue weighted by molar-refractivity contribution is -0.140. The van der Waals surface area contributed by atoms with Crippen molar-refractivity contribution in [3.05, 3.63) is 71.0 Å². The summed E-state index contributed by atoms with van der Waals surface area (Å²) >= 11 is 0. The fourth-order valence-corrected chi connectivity index (χ4v) is 3.49. The van der Waals surface area contributed by atoms with E-state index < -0.39 is 23.5 Å². The summed E-state index contributed by atoms with van der Waals surface area (Å²) in [6, 6.07) is 11.6. The van der Waals surface area contributed by atoms with Gasteiger partial charge in [-0.3, -0.25) is 9.59 Å². The monoisotopic (exact) mass is 426 g/mol. The molecule has 0 unspecified atom stereocenters.